The number of fused-ring (bicyclic) bond motifs is 1. The summed E-state index contributed by atoms with van der Waals surface area (Å²) in [5.74, 6) is -0.0838. The van der Waals surface area contributed by atoms with Crippen molar-refractivity contribution in [3.63, 3.8) is 0 Å². The molecule has 3 aromatic rings. The van der Waals surface area contributed by atoms with E-state index in [1.807, 2.05) is 19.1 Å². The number of halogens is 1. The fourth-order valence-electron chi connectivity index (χ4n) is 2.14. The van der Waals surface area contributed by atoms with Gasteiger partial charge in [-0.15, -0.1) is 5.10 Å². The first-order valence-electron chi connectivity index (χ1n) is 7.42. The molecule has 0 amide bonds. The summed E-state index contributed by atoms with van der Waals surface area (Å²) in [6.07, 6.45) is 0. The summed E-state index contributed by atoms with van der Waals surface area (Å²) in [4.78, 5) is 24.0. The summed E-state index contributed by atoms with van der Waals surface area (Å²) < 4.78 is 12.2. The Morgan fingerprint density at radius 1 is 1.24 bits per heavy atom. The normalized spacial score (nSPS) is 10.6. The Kier molecular flexibility index (Phi) is 5.08. The Balaban J connectivity index is 1.61. The number of aromatic nitrogens is 3. The monoisotopic (exact) mass is 403 g/mol. The van der Waals surface area contributed by atoms with E-state index in [1.54, 1.807) is 30.3 Å². The van der Waals surface area contributed by atoms with E-state index in [9.17, 15) is 9.59 Å². The maximum atomic E-state index is 12.2. The summed E-state index contributed by atoms with van der Waals surface area (Å²) in [6.45, 7) is 1.34. The van der Waals surface area contributed by atoms with Gasteiger partial charge in [0.25, 0.3) is 5.56 Å². The molecule has 128 valence electrons. The lowest BCUT2D eigenvalue weighted by Crippen LogP contribution is -2.27. The zero-order valence-corrected chi connectivity index (χ0v) is 14.9. The van der Waals surface area contributed by atoms with Gasteiger partial charge < -0.3 is 9.47 Å². The van der Waals surface area contributed by atoms with Crippen LogP contribution in [0.3, 0.4) is 0 Å². The Bertz CT molecular complexity index is 987. The number of rotatable bonds is 5. The molecular weight excluding hydrogens is 390 g/mol. The van der Waals surface area contributed by atoms with Crippen molar-refractivity contribution in [1.82, 2.24) is 15.0 Å². The molecule has 0 saturated heterocycles. The quantitative estimate of drug-likeness (QED) is 0.608. The van der Waals surface area contributed by atoms with Crippen LogP contribution in [0.4, 0.5) is 0 Å². The molecule has 1 heterocycles. The SMILES string of the molecule is Cc1ccc(OCC(=O)OCn2nnc3ccccc3c2=O)c(Br)c1. The van der Waals surface area contributed by atoms with Crippen molar-refractivity contribution in [3.8, 4) is 5.75 Å². The number of ether oxygens (including phenoxy) is 2. The van der Waals surface area contributed by atoms with E-state index in [0.29, 0.717) is 16.7 Å². The summed E-state index contributed by atoms with van der Waals surface area (Å²) >= 11 is 3.36. The molecule has 0 bridgehead atoms. The Hall–Kier alpha value is -2.74. The fraction of sp³-hybridized carbons (Fsp3) is 0.176. The first kappa shape index (κ1) is 17.1. The van der Waals surface area contributed by atoms with Crippen molar-refractivity contribution in [2.24, 2.45) is 0 Å². The molecule has 0 spiro atoms. The van der Waals surface area contributed by atoms with Gasteiger partial charge >= 0.3 is 5.97 Å². The third-order valence-electron chi connectivity index (χ3n) is 3.41. The number of hydrogen-bond donors (Lipinski definition) is 0. The van der Waals surface area contributed by atoms with Gasteiger partial charge in [-0.25, -0.2) is 4.79 Å². The van der Waals surface area contributed by atoms with Crippen LogP contribution in [-0.2, 0) is 16.3 Å². The molecule has 0 aliphatic heterocycles. The molecule has 0 saturated carbocycles. The number of hydrogen-bond acceptors (Lipinski definition) is 6. The van der Waals surface area contributed by atoms with Crippen LogP contribution in [0.2, 0.25) is 0 Å². The van der Waals surface area contributed by atoms with Gasteiger partial charge in [0.1, 0.15) is 11.3 Å². The molecule has 7 nitrogen and oxygen atoms in total. The Morgan fingerprint density at radius 2 is 2.04 bits per heavy atom. The lowest BCUT2D eigenvalue weighted by molar-refractivity contribution is -0.150. The highest BCUT2D eigenvalue weighted by atomic mass is 79.9. The molecule has 0 radical (unpaired) electrons. The van der Waals surface area contributed by atoms with Gasteiger partial charge in [-0.3, -0.25) is 4.79 Å². The van der Waals surface area contributed by atoms with Gasteiger partial charge in [-0.2, -0.15) is 4.68 Å². The van der Waals surface area contributed by atoms with Crippen molar-refractivity contribution in [3.05, 3.63) is 62.9 Å². The summed E-state index contributed by atoms with van der Waals surface area (Å²) in [5, 5.41) is 8.08. The Morgan fingerprint density at radius 3 is 2.84 bits per heavy atom. The highest BCUT2D eigenvalue weighted by Gasteiger charge is 2.10. The van der Waals surface area contributed by atoms with Crippen LogP contribution in [0.25, 0.3) is 10.9 Å². The maximum absolute atomic E-state index is 12.2. The highest BCUT2D eigenvalue weighted by molar-refractivity contribution is 9.10. The zero-order valence-electron chi connectivity index (χ0n) is 13.3. The smallest absolute Gasteiger partial charge is 0.345 e. The van der Waals surface area contributed by atoms with Crippen molar-refractivity contribution >= 4 is 32.8 Å². The molecule has 0 unspecified atom stereocenters. The average molecular weight is 404 g/mol. The number of aryl methyl sites for hydroxylation is 1. The third-order valence-corrected chi connectivity index (χ3v) is 4.03. The second-order valence-corrected chi connectivity index (χ2v) is 6.13. The van der Waals surface area contributed by atoms with Crippen LogP contribution < -0.4 is 10.3 Å². The van der Waals surface area contributed by atoms with Crippen LogP contribution in [0.1, 0.15) is 5.56 Å². The van der Waals surface area contributed by atoms with E-state index in [4.69, 9.17) is 9.47 Å². The predicted octanol–water partition coefficient (Wildman–Crippen LogP) is 2.44. The largest absolute Gasteiger partial charge is 0.481 e. The van der Waals surface area contributed by atoms with Gasteiger partial charge in [-0.05, 0) is 52.7 Å². The van der Waals surface area contributed by atoms with Gasteiger partial charge in [-0.1, -0.05) is 23.4 Å². The van der Waals surface area contributed by atoms with Gasteiger partial charge in [0, 0.05) is 0 Å². The number of nitrogens with zero attached hydrogens (tertiary/aromatic N) is 3. The summed E-state index contributed by atoms with van der Waals surface area (Å²) in [7, 11) is 0. The molecule has 8 heteroatoms. The molecule has 1 aromatic heterocycles. The van der Waals surface area contributed by atoms with E-state index in [0.717, 1.165) is 14.7 Å². The lowest BCUT2D eigenvalue weighted by atomic mass is 10.2. The van der Waals surface area contributed by atoms with Crippen molar-refractivity contribution in [2.45, 2.75) is 13.7 Å². The first-order valence-corrected chi connectivity index (χ1v) is 8.21. The summed E-state index contributed by atoms with van der Waals surface area (Å²) in [6, 6.07) is 12.3. The zero-order chi connectivity index (χ0) is 17.8. The third kappa shape index (κ3) is 4.03. The van der Waals surface area contributed by atoms with Crippen molar-refractivity contribution in [1.29, 1.82) is 0 Å². The van der Waals surface area contributed by atoms with E-state index in [1.165, 1.54) is 0 Å². The standard InChI is InChI=1S/C17H14BrN3O4/c1-11-6-7-15(13(18)8-11)24-9-16(22)25-10-21-17(23)12-4-2-3-5-14(12)19-20-21/h2-8H,9-10H2,1H3. The first-order chi connectivity index (χ1) is 12.0. The van der Waals surface area contributed by atoms with Gasteiger partial charge in [0.2, 0.25) is 0 Å². The number of carbonyl (C=O) groups excluding carboxylic acids is 1. The molecule has 0 atom stereocenters. The highest BCUT2D eigenvalue weighted by Crippen LogP contribution is 2.25. The fourth-order valence-corrected chi connectivity index (χ4v) is 2.75. The molecular formula is C17H14BrN3O4. The molecule has 0 aliphatic rings. The van der Waals surface area contributed by atoms with E-state index in [2.05, 4.69) is 26.2 Å². The van der Waals surface area contributed by atoms with Crippen LogP contribution in [0.15, 0.2) is 51.7 Å². The van der Waals surface area contributed by atoms with Crippen LogP contribution in [-0.4, -0.2) is 27.6 Å². The van der Waals surface area contributed by atoms with Crippen molar-refractivity contribution in [2.75, 3.05) is 6.61 Å². The van der Waals surface area contributed by atoms with Crippen molar-refractivity contribution < 1.29 is 14.3 Å². The number of benzene rings is 2. The number of esters is 1. The van der Waals surface area contributed by atoms with E-state index >= 15 is 0 Å². The van der Waals surface area contributed by atoms with Gasteiger partial charge in [0.05, 0.1) is 9.86 Å². The van der Waals surface area contributed by atoms with Crippen LogP contribution in [0.5, 0.6) is 5.75 Å². The molecule has 0 N–H and O–H groups in total. The predicted molar refractivity (Wildman–Crippen MR) is 94.3 cm³/mol. The van der Waals surface area contributed by atoms with E-state index < -0.39 is 5.97 Å². The minimum Gasteiger partial charge on any atom is -0.481 e. The minimum atomic E-state index is -0.616. The lowest BCUT2D eigenvalue weighted by Gasteiger charge is -2.09. The second-order valence-electron chi connectivity index (χ2n) is 5.28. The van der Waals surface area contributed by atoms with Crippen LogP contribution in [0, 0.1) is 6.92 Å². The van der Waals surface area contributed by atoms with Crippen LogP contribution >= 0.6 is 15.9 Å². The summed E-state index contributed by atoms with van der Waals surface area (Å²) in [5.41, 5.74) is 1.18. The molecule has 3 rings (SSSR count). The second kappa shape index (κ2) is 7.43. The molecule has 25 heavy (non-hydrogen) atoms. The maximum Gasteiger partial charge on any atom is 0.345 e. The minimum absolute atomic E-state index is 0.280. The molecule has 0 aliphatic carbocycles. The average Bonchev–Trinajstić information content (AvgIpc) is 2.60. The van der Waals surface area contributed by atoms with E-state index in [-0.39, 0.29) is 18.9 Å². The molecule has 2 aromatic carbocycles. The Labute approximate surface area is 151 Å². The molecule has 0 fully saturated rings. The topological polar surface area (TPSA) is 83.3 Å². The van der Waals surface area contributed by atoms with Gasteiger partial charge in [0.15, 0.2) is 13.3 Å². The number of carbonyl (C=O) groups is 1.